The molecule has 0 saturated carbocycles. The van der Waals surface area contributed by atoms with E-state index in [-0.39, 0.29) is 23.5 Å². The first kappa shape index (κ1) is 11.9. The molecule has 0 aliphatic carbocycles. The highest BCUT2D eigenvalue weighted by Gasteiger charge is 2.07. The molecule has 0 aliphatic heterocycles. The van der Waals surface area contributed by atoms with Crippen LogP contribution < -0.4 is 11.1 Å². The molecule has 0 aromatic carbocycles. The van der Waals surface area contributed by atoms with Crippen molar-refractivity contribution in [2.45, 2.75) is 6.29 Å². The number of ether oxygens (including phenoxy) is 2. The molecule has 1 aromatic rings. The first-order valence-corrected chi connectivity index (χ1v) is 4.50. The second-order valence-corrected chi connectivity index (χ2v) is 2.91. The highest BCUT2D eigenvalue weighted by atomic mass is 35.5. The van der Waals surface area contributed by atoms with Gasteiger partial charge in [0.1, 0.15) is 0 Å². The Hall–Kier alpha value is -1.18. The molecule has 0 spiro atoms. The van der Waals surface area contributed by atoms with Crippen LogP contribution in [0.1, 0.15) is 0 Å². The van der Waals surface area contributed by atoms with E-state index in [1.165, 1.54) is 14.2 Å². The van der Waals surface area contributed by atoms with Gasteiger partial charge in [0.05, 0.1) is 6.54 Å². The van der Waals surface area contributed by atoms with Gasteiger partial charge in [-0.3, -0.25) is 0 Å². The van der Waals surface area contributed by atoms with Gasteiger partial charge >= 0.3 is 0 Å². The third-order valence-corrected chi connectivity index (χ3v) is 1.75. The molecule has 1 aromatic heterocycles. The minimum atomic E-state index is -0.387. The lowest BCUT2D eigenvalue weighted by molar-refractivity contribution is -0.0914. The van der Waals surface area contributed by atoms with Crippen LogP contribution in [0.3, 0.4) is 0 Å². The van der Waals surface area contributed by atoms with Crippen LogP contribution in [-0.2, 0) is 9.47 Å². The smallest absolute Gasteiger partial charge is 0.228 e. The molecule has 0 radical (unpaired) electrons. The number of nitrogens with zero attached hydrogens (tertiary/aromatic N) is 3. The van der Waals surface area contributed by atoms with E-state index in [0.29, 0.717) is 6.54 Å². The summed E-state index contributed by atoms with van der Waals surface area (Å²) in [5.74, 6) is 0.343. The first-order chi connectivity index (χ1) is 7.15. The summed E-state index contributed by atoms with van der Waals surface area (Å²) in [7, 11) is 3.06. The van der Waals surface area contributed by atoms with Crippen molar-refractivity contribution in [3.63, 3.8) is 0 Å². The van der Waals surface area contributed by atoms with Crippen LogP contribution in [0.4, 0.5) is 11.9 Å². The normalized spacial score (nSPS) is 10.7. The van der Waals surface area contributed by atoms with Gasteiger partial charge in [-0.05, 0) is 11.6 Å². The van der Waals surface area contributed by atoms with Crippen LogP contribution in [-0.4, -0.2) is 42.0 Å². The van der Waals surface area contributed by atoms with Crippen LogP contribution in [0.15, 0.2) is 0 Å². The van der Waals surface area contributed by atoms with Gasteiger partial charge in [0.2, 0.25) is 17.2 Å². The van der Waals surface area contributed by atoms with Crippen molar-refractivity contribution < 1.29 is 9.47 Å². The second kappa shape index (κ2) is 5.64. The lowest BCUT2D eigenvalue weighted by Crippen LogP contribution is -2.24. The fourth-order valence-corrected chi connectivity index (χ4v) is 1.05. The molecule has 0 amide bonds. The number of halogens is 1. The van der Waals surface area contributed by atoms with Crippen LogP contribution in [0.25, 0.3) is 0 Å². The van der Waals surface area contributed by atoms with Crippen molar-refractivity contribution >= 4 is 23.5 Å². The Balaban J connectivity index is 2.57. The molecule has 7 nitrogen and oxygen atoms in total. The molecule has 0 bridgehead atoms. The summed E-state index contributed by atoms with van der Waals surface area (Å²) in [5, 5.41) is 2.89. The third-order valence-electron chi connectivity index (χ3n) is 1.58. The maximum atomic E-state index is 5.59. The second-order valence-electron chi connectivity index (χ2n) is 2.57. The summed E-state index contributed by atoms with van der Waals surface area (Å²) in [6, 6.07) is 0. The van der Waals surface area contributed by atoms with Gasteiger partial charge in [-0.25, -0.2) is 0 Å². The monoisotopic (exact) mass is 233 g/mol. The van der Waals surface area contributed by atoms with Crippen molar-refractivity contribution in [3.8, 4) is 0 Å². The van der Waals surface area contributed by atoms with E-state index < -0.39 is 0 Å². The van der Waals surface area contributed by atoms with E-state index in [1.807, 2.05) is 0 Å². The van der Waals surface area contributed by atoms with E-state index in [0.717, 1.165) is 0 Å². The number of hydrogen-bond donors (Lipinski definition) is 2. The Morgan fingerprint density at radius 3 is 2.53 bits per heavy atom. The number of methoxy groups -OCH3 is 2. The highest BCUT2D eigenvalue weighted by Crippen LogP contribution is 2.06. The van der Waals surface area contributed by atoms with Crippen LogP contribution in [0.2, 0.25) is 5.28 Å². The van der Waals surface area contributed by atoms with Gasteiger partial charge in [0.25, 0.3) is 0 Å². The van der Waals surface area contributed by atoms with E-state index in [1.54, 1.807) is 0 Å². The Morgan fingerprint density at radius 2 is 2.00 bits per heavy atom. The van der Waals surface area contributed by atoms with Crippen molar-refractivity contribution in [1.29, 1.82) is 0 Å². The maximum absolute atomic E-state index is 5.59. The van der Waals surface area contributed by atoms with Crippen LogP contribution in [0.5, 0.6) is 0 Å². The summed E-state index contributed by atoms with van der Waals surface area (Å²) in [6.45, 7) is 0.382. The van der Waals surface area contributed by atoms with E-state index in [4.69, 9.17) is 26.8 Å². The number of anilines is 2. The molecule has 0 atom stereocenters. The number of hydrogen-bond acceptors (Lipinski definition) is 7. The van der Waals surface area contributed by atoms with Gasteiger partial charge in [-0.1, -0.05) is 0 Å². The van der Waals surface area contributed by atoms with Gasteiger partial charge in [0.15, 0.2) is 6.29 Å². The largest absolute Gasteiger partial charge is 0.368 e. The molecule has 8 heteroatoms. The van der Waals surface area contributed by atoms with Gasteiger partial charge < -0.3 is 20.5 Å². The predicted molar refractivity (Wildman–Crippen MR) is 55.5 cm³/mol. The SMILES string of the molecule is COC(CNc1nc(N)nc(Cl)n1)OC. The fraction of sp³-hybridized carbons (Fsp3) is 0.571. The zero-order chi connectivity index (χ0) is 11.3. The summed E-state index contributed by atoms with van der Waals surface area (Å²) in [5.41, 5.74) is 5.38. The predicted octanol–water partition coefficient (Wildman–Crippen LogP) is 0.138. The number of nitrogens with one attached hydrogen (secondary N) is 1. The number of nitrogens with two attached hydrogens (primary N) is 1. The zero-order valence-corrected chi connectivity index (χ0v) is 9.15. The molecule has 0 saturated heterocycles. The van der Waals surface area contributed by atoms with Crippen molar-refractivity contribution in [2.24, 2.45) is 0 Å². The average molecular weight is 234 g/mol. The molecule has 0 fully saturated rings. The lowest BCUT2D eigenvalue weighted by atomic mass is 10.6. The lowest BCUT2D eigenvalue weighted by Gasteiger charge is -2.13. The Labute approximate surface area is 92.0 Å². The van der Waals surface area contributed by atoms with Gasteiger partial charge in [0, 0.05) is 14.2 Å². The first-order valence-electron chi connectivity index (χ1n) is 4.12. The molecular formula is C7H12ClN5O2. The minimum Gasteiger partial charge on any atom is -0.368 e. The molecule has 0 aliphatic rings. The number of aromatic nitrogens is 3. The fourth-order valence-electron chi connectivity index (χ4n) is 0.882. The average Bonchev–Trinajstić information content (AvgIpc) is 2.18. The Bertz CT molecular complexity index is 300. The van der Waals surface area contributed by atoms with E-state index in [2.05, 4.69) is 20.3 Å². The Kier molecular flexibility index (Phi) is 4.47. The van der Waals surface area contributed by atoms with Crippen molar-refractivity contribution in [1.82, 2.24) is 15.0 Å². The summed E-state index contributed by atoms with van der Waals surface area (Å²) in [6.07, 6.45) is -0.387. The standard InChI is InChI=1S/C7H12ClN5O2/c1-14-4(15-2)3-10-7-12-5(8)11-6(9)13-7/h4H,3H2,1-2H3,(H3,9,10,11,12,13). The molecule has 15 heavy (non-hydrogen) atoms. The van der Waals surface area contributed by atoms with E-state index in [9.17, 15) is 0 Å². The molecule has 0 unspecified atom stereocenters. The van der Waals surface area contributed by atoms with Gasteiger partial charge in [-0.2, -0.15) is 15.0 Å². The van der Waals surface area contributed by atoms with Crippen molar-refractivity contribution in [3.05, 3.63) is 5.28 Å². The summed E-state index contributed by atoms with van der Waals surface area (Å²) < 4.78 is 9.92. The molecule has 1 rings (SSSR count). The number of rotatable bonds is 5. The highest BCUT2D eigenvalue weighted by molar-refractivity contribution is 6.28. The maximum Gasteiger partial charge on any atom is 0.228 e. The zero-order valence-electron chi connectivity index (χ0n) is 8.40. The molecule has 1 heterocycles. The summed E-state index contributed by atoms with van der Waals surface area (Å²) >= 11 is 5.59. The van der Waals surface area contributed by atoms with Crippen molar-refractivity contribution in [2.75, 3.05) is 31.8 Å². The topological polar surface area (TPSA) is 95.2 Å². The van der Waals surface area contributed by atoms with Crippen LogP contribution in [0, 0.1) is 0 Å². The van der Waals surface area contributed by atoms with E-state index >= 15 is 0 Å². The number of nitrogen functional groups attached to an aromatic ring is 1. The molecular weight excluding hydrogens is 222 g/mol. The summed E-state index contributed by atoms with van der Waals surface area (Å²) in [4.78, 5) is 11.3. The quantitative estimate of drug-likeness (QED) is 0.699. The third kappa shape index (κ3) is 3.82. The van der Waals surface area contributed by atoms with Crippen LogP contribution >= 0.6 is 11.6 Å². The minimum absolute atomic E-state index is 0.0383. The molecule has 3 N–H and O–H groups in total. The Morgan fingerprint density at radius 1 is 1.33 bits per heavy atom. The molecule has 84 valence electrons. The van der Waals surface area contributed by atoms with Gasteiger partial charge in [-0.15, -0.1) is 0 Å².